The molecule has 0 bridgehead atoms. The molecule has 6 heteroatoms. The van der Waals surface area contributed by atoms with E-state index in [0.29, 0.717) is 5.56 Å². The molecule has 1 aliphatic rings. The second-order valence-corrected chi connectivity index (χ2v) is 5.24. The van der Waals surface area contributed by atoms with Crippen molar-refractivity contribution in [2.75, 3.05) is 0 Å². The maximum atomic E-state index is 12.8. The van der Waals surface area contributed by atoms with Crippen LogP contribution in [0.2, 0.25) is 0 Å². The molecule has 0 aliphatic carbocycles. The Kier molecular flexibility index (Phi) is 3.41. The summed E-state index contributed by atoms with van der Waals surface area (Å²) < 4.78 is 39.3. The van der Waals surface area contributed by atoms with Gasteiger partial charge in [0.2, 0.25) is 0 Å². The van der Waals surface area contributed by atoms with Crippen LogP contribution in [-0.2, 0) is 9.53 Å². The Bertz CT molecular complexity index is 559. The molecule has 0 atom stereocenters. The van der Waals surface area contributed by atoms with Gasteiger partial charge in [0.05, 0.1) is 0 Å². The summed E-state index contributed by atoms with van der Waals surface area (Å²) in [6, 6.07) is 4.24. The van der Waals surface area contributed by atoms with Crippen LogP contribution >= 0.6 is 0 Å². The van der Waals surface area contributed by atoms with E-state index in [1.165, 1.54) is 30.4 Å². The van der Waals surface area contributed by atoms with Crippen LogP contribution in [-0.4, -0.2) is 17.9 Å². The summed E-state index contributed by atoms with van der Waals surface area (Å²) >= 11 is 0. The molecule has 0 N–H and O–H groups in total. The van der Waals surface area contributed by atoms with Gasteiger partial charge in [0, 0.05) is 6.08 Å². The molecule has 1 aliphatic heterocycles. The predicted octanol–water partition coefficient (Wildman–Crippen LogP) is 3.36. The average molecular weight is 284 g/mol. The van der Waals surface area contributed by atoms with Crippen molar-refractivity contribution in [3.63, 3.8) is 0 Å². The number of halogens is 2. The lowest BCUT2D eigenvalue weighted by atomic mass is 10.2. The van der Waals surface area contributed by atoms with Gasteiger partial charge in [-0.1, -0.05) is 6.07 Å². The van der Waals surface area contributed by atoms with Gasteiger partial charge in [-0.05, 0) is 44.5 Å². The summed E-state index contributed by atoms with van der Waals surface area (Å²) in [6.07, 6.45) is -0.967. The highest BCUT2D eigenvalue weighted by atomic mass is 19.3. The Labute approximate surface area is 114 Å². The molecule has 0 spiro atoms. The van der Waals surface area contributed by atoms with Crippen molar-refractivity contribution in [2.45, 2.75) is 32.7 Å². The van der Waals surface area contributed by atoms with Gasteiger partial charge in [0.15, 0.2) is 11.5 Å². The number of hydrogen-bond donors (Lipinski definition) is 0. The molecular formula is C14H14F2O4. The van der Waals surface area contributed by atoms with E-state index >= 15 is 0 Å². The zero-order chi connectivity index (χ0) is 15.0. The molecule has 0 aromatic heterocycles. The minimum atomic E-state index is -3.64. The summed E-state index contributed by atoms with van der Waals surface area (Å²) in [6.45, 7) is 5.25. The zero-order valence-electron chi connectivity index (χ0n) is 11.3. The van der Waals surface area contributed by atoms with Crippen LogP contribution in [0.5, 0.6) is 11.5 Å². The Morgan fingerprint density at radius 2 is 1.90 bits per heavy atom. The second-order valence-electron chi connectivity index (χ2n) is 5.24. The number of carbonyl (C=O) groups excluding carboxylic acids is 1. The van der Waals surface area contributed by atoms with Crippen LogP contribution in [0.25, 0.3) is 6.08 Å². The molecule has 0 unspecified atom stereocenters. The lowest BCUT2D eigenvalue weighted by molar-refractivity contribution is -0.286. The molecule has 0 saturated heterocycles. The van der Waals surface area contributed by atoms with Crippen molar-refractivity contribution >= 4 is 12.0 Å². The fraction of sp³-hybridized carbons (Fsp3) is 0.357. The van der Waals surface area contributed by atoms with Crippen molar-refractivity contribution in [1.29, 1.82) is 0 Å². The number of fused-ring (bicyclic) bond motifs is 1. The standard InChI is InChI=1S/C14H14F2O4/c1-13(2,3)20-12(17)7-5-9-4-6-10-11(8-9)19-14(15,16)18-10/h4-8H,1-3H3/b7-5+. The number of carbonyl (C=O) groups is 1. The lowest BCUT2D eigenvalue weighted by Crippen LogP contribution is -2.25. The third kappa shape index (κ3) is 3.69. The average Bonchev–Trinajstić information content (AvgIpc) is 2.57. The first-order chi connectivity index (χ1) is 9.15. The number of hydrogen-bond acceptors (Lipinski definition) is 4. The fourth-order valence-corrected chi connectivity index (χ4v) is 1.57. The van der Waals surface area contributed by atoms with E-state index in [4.69, 9.17) is 4.74 Å². The van der Waals surface area contributed by atoms with Crippen LogP contribution in [0.15, 0.2) is 24.3 Å². The van der Waals surface area contributed by atoms with E-state index in [0.717, 1.165) is 0 Å². The van der Waals surface area contributed by atoms with Gasteiger partial charge in [0.25, 0.3) is 0 Å². The van der Waals surface area contributed by atoms with Gasteiger partial charge in [-0.15, -0.1) is 8.78 Å². The van der Waals surface area contributed by atoms with E-state index in [9.17, 15) is 13.6 Å². The van der Waals surface area contributed by atoms with Gasteiger partial charge in [-0.25, -0.2) is 4.79 Å². The quantitative estimate of drug-likeness (QED) is 0.617. The van der Waals surface area contributed by atoms with Gasteiger partial charge in [-0.2, -0.15) is 0 Å². The molecule has 2 rings (SSSR count). The maximum Gasteiger partial charge on any atom is 0.586 e. The number of rotatable bonds is 2. The van der Waals surface area contributed by atoms with Crippen LogP contribution in [0, 0.1) is 0 Å². The Hall–Kier alpha value is -2.11. The highest BCUT2D eigenvalue weighted by molar-refractivity contribution is 5.87. The third-order valence-electron chi connectivity index (χ3n) is 2.24. The van der Waals surface area contributed by atoms with Crippen LogP contribution in [0.3, 0.4) is 0 Å². The third-order valence-corrected chi connectivity index (χ3v) is 2.24. The molecule has 1 heterocycles. The van der Waals surface area contributed by atoms with E-state index in [2.05, 4.69) is 9.47 Å². The lowest BCUT2D eigenvalue weighted by Gasteiger charge is -2.17. The fourth-order valence-electron chi connectivity index (χ4n) is 1.57. The number of ether oxygens (including phenoxy) is 3. The predicted molar refractivity (Wildman–Crippen MR) is 67.5 cm³/mol. The van der Waals surface area contributed by atoms with Gasteiger partial charge in [0.1, 0.15) is 5.60 Å². The largest absolute Gasteiger partial charge is 0.586 e. The first kappa shape index (κ1) is 14.3. The molecule has 1 aromatic rings. The molecule has 0 saturated carbocycles. The first-order valence-electron chi connectivity index (χ1n) is 5.96. The van der Waals surface area contributed by atoms with E-state index in [-0.39, 0.29) is 11.5 Å². The second kappa shape index (κ2) is 4.77. The minimum Gasteiger partial charge on any atom is -0.457 e. The topological polar surface area (TPSA) is 44.8 Å². The summed E-state index contributed by atoms with van der Waals surface area (Å²) in [5, 5.41) is 0. The summed E-state index contributed by atoms with van der Waals surface area (Å²) in [4.78, 5) is 11.5. The maximum absolute atomic E-state index is 12.8. The molecule has 20 heavy (non-hydrogen) atoms. The minimum absolute atomic E-state index is 0.0376. The Balaban J connectivity index is 2.07. The number of esters is 1. The Morgan fingerprint density at radius 3 is 2.55 bits per heavy atom. The zero-order valence-corrected chi connectivity index (χ0v) is 11.3. The SMILES string of the molecule is CC(C)(C)OC(=O)/C=C/c1ccc2c(c1)OC(F)(F)O2. The van der Waals surface area contributed by atoms with Gasteiger partial charge >= 0.3 is 12.3 Å². The highest BCUT2D eigenvalue weighted by Gasteiger charge is 2.43. The number of benzene rings is 1. The highest BCUT2D eigenvalue weighted by Crippen LogP contribution is 2.41. The molecule has 1 aromatic carbocycles. The van der Waals surface area contributed by atoms with E-state index < -0.39 is 17.9 Å². The van der Waals surface area contributed by atoms with Crippen LogP contribution < -0.4 is 9.47 Å². The monoisotopic (exact) mass is 284 g/mol. The summed E-state index contributed by atoms with van der Waals surface area (Å²) in [5.41, 5.74) is -0.0610. The summed E-state index contributed by atoms with van der Waals surface area (Å²) in [7, 11) is 0. The van der Waals surface area contributed by atoms with Crippen LogP contribution in [0.4, 0.5) is 8.78 Å². The van der Waals surface area contributed by atoms with Gasteiger partial charge in [-0.3, -0.25) is 0 Å². The molecule has 4 nitrogen and oxygen atoms in total. The van der Waals surface area contributed by atoms with Crippen molar-refractivity contribution in [3.8, 4) is 11.5 Å². The van der Waals surface area contributed by atoms with Crippen molar-refractivity contribution in [2.24, 2.45) is 0 Å². The van der Waals surface area contributed by atoms with Crippen LogP contribution in [0.1, 0.15) is 26.3 Å². The smallest absolute Gasteiger partial charge is 0.457 e. The Morgan fingerprint density at radius 1 is 1.25 bits per heavy atom. The molecule has 108 valence electrons. The van der Waals surface area contributed by atoms with E-state index in [1.807, 2.05) is 0 Å². The van der Waals surface area contributed by atoms with E-state index in [1.54, 1.807) is 20.8 Å². The van der Waals surface area contributed by atoms with Crippen molar-refractivity contribution < 1.29 is 27.8 Å². The van der Waals surface area contributed by atoms with Crippen molar-refractivity contribution in [1.82, 2.24) is 0 Å². The normalized spacial score (nSPS) is 16.4. The molecule has 0 fully saturated rings. The summed E-state index contributed by atoms with van der Waals surface area (Å²) in [5.74, 6) is -0.619. The van der Waals surface area contributed by atoms with Crippen molar-refractivity contribution in [3.05, 3.63) is 29.8 Å². The molecule has 0 amide bonds. The molecule has 0 radical (unpaired) electrons. The first-order valence-corrected chi connectivity index (χ1v) is 5.96. The van der Waals surface area contributed by atoms with Gasteiger partial charge < -0.3 is 14.2 Å². The molecular weight excluding hydrogens is 270 g/mol. The number of alkyl halides is 2.